The van der Waals surface area contributed by atoms with Gasteiger partial charge in [-0.3, -0.25) is 4.79 Å². The summed E-state index contributed by atoms with van der Waals surface area (Å²) in [6.07, 6.45) is -5.75. The molecule has 0 saturated carbocycles. The van der Waals surface area contributed by atoms with Crippen LogP contribution in [0.3, 0.4) is 0 Å². The number of aliphatic hydroxyl groups is 1. The molecule has 2 aliphatic heterocycles. The lowest BCUT2D eigenvalue weighted by Gasteiger charge is -2.31. The van der Waals surface area contributed by atoms with Crippen LogP contribution in [0.1, 0.15) is 24.6 Å². The van der Waals surface area contributed by atoms with Crippen molar-refractivity contribution in [1.29, 1.82) is 0 Å². The lowest BCUT2D eigenvalue weighted by atomic mass is 9.89. The molecule has 2 fully saturated rings. The highest BCUT2D eigenvalue weighted by Gasteiger charge is 2.44. The summed E-state index contributed by atoms with van der Waals surface area (Å²) in [5, 5.41) is 21.2. The lowest BCUT2D eigenvalue weighted by Crippen LogP contribution is -2.51. The van der Waals surface area contributed by atoms with Gasteiger partial charge in [0.05, 0.1) is 12.0 Å². The standard InChI is InChI=1S/C8H13NO3/c10-6-3-4-1-2-5(9-4)7(6)8(11)12/h4-7,9-10H,1-3H2,(H,11,12)/t4-,5+,6-,7+/m0/s1/i1D2,2D2. The van der Waals surface area contributed by atoms with Crippen molar-refractivity contribution in [2.24, 2.45) is 5.92 Å². The Labute approximate surface area is 76.2 Å². The van der Waals surface area contributed by atoms with E-state index in [4.69, 9.17) is 10.6 Å². The van der Waals surface area contributed by atoms with Crippen molar-refractivity contribution in [2.75, 3.05) is 0 Å². The second-order valence-corrected chi connectivity index (χ2v) is 3.15. The normalized spacial score (nSPS) is 59.4. The van der Waals surface area contributed by atoms with E-state index >= 15 is 0 Å². The van der Waals surface area contributed by atoms with Crippen LogP contribution in [0.4, 0.5) is 0 Å². The van der Waals surface area contributed by atoms with Crippen LogP contribution in [-0.2, 0) is 4.79 Å². The van der Waals surface area contributed by atoms with Crippen molar-refractivity contribution in [1.82, 2.24) is 5.32 Å². The average molecular weight is 175 g/mol. The molecule has 0 aromatic rings. The molecule has 2 heterocycles. The van der Waals surface area contributed by atoms with Gasteiger partial charge in [0.15, 0.2) is 0 Å². The van der Waals surface area contributed by atoms with Crippen LogP contribution >= 0.6 is 0 Å². The van der Waals surface area contributed by atoms with E-state index in [1.54, 1.807) is 0 Å². The molecule has 4 heteroatoms. The van der Waals surface area contributed by atoms with Gasteiger partial charge >= 0.3 is 5.97 Å². The molecular formula is C8H13NO3. The summed E-state index contributed by atoms with van der Waals surface area (Å²) in [5.41, 5.74) is 0. The van der Waals surface area contributed by atoms with Crippen molar-refractivity contribution >= 4 is 5.97 Å². The van der Waals surface area contributed by atoms with E-state index in [0.717, 1.165) is 0 Å². The number of fused-ring (bicyclic) bond motifs is 2. The zero-order valence-electron chi connectivity index (χ0n) is 10.3. The van der Waals surface area contributed by atoms with E-state index in [-0.39, 0.29) is 6.42 Å². The molecule has 0 unspecified atom stereocenters. The maximum absolute atomic E-state index is 11.0. The first-order chi connectivity index (χ1) is 7.19. The van der Waals surface area contributed by atoms with E-state index in [1.165, 1.54) is 0 Å². The molecule has 0 radical (unpaired) electrons. The Morgan fingerprint density at radius 2 is 2.33 bits per heavy atom. The minimum atomic E-state index is -2.29. The molecule has 0 amide bonds. The summed E-state index contributed by atoms with van der Waals surface area (Å²) in [6, 6.07) is -2.02. The molecule has 2 bridgehead atoms. The van der Waals surface area contributed by atoms with Gasteiger partial charge in [0.2, 0.25) is 0 Å². The van der Waals surface area contributed by atoms with Crippen LogP contribution in [0.5, 0.6) is 0 Å². The maximum Gasteiger partial charge on any atom is 0.310 e. The van der Waals surface area contributed by atoms with E-state index in [9.17, 15) is 9.90 Å². The van der Waals surface area contributed by atoms with Crippen LogP contribution in [0, 0.1) is 5.92 Å². The van der Waals surface area contributed by atoms with E-state index in [2.05, 4.69) is 5.32 Å². The Bertz CT molecular complexity index is 335. The Morgan fingerprint density at radius 3 is 3.00 bits per heavy atom. The zero-order valence-corrected chi connectivity index (χ0v) is 6.32. The highest BCUT2D eigenvalue weighted by atomic mass is 16.4. The smallest absolute Gasteiger partial charge is 0.310 e. The number of piperidine rings is 1. The van der Waals surface area contributed by atoms with Gasteiger partial charge in [-0.1, -0.05) is 0 Å². The van der Waals surface area contributed by atoms with Gasteiger partial charge in [-0.2, -0.15) is 0 Å². The quantitative estimate of drug-likeness (QED) is 0.506. The average Bonchev–Trinajstić information content (AvgIpc) is 2.26. The number of rotatable bonds is 1. The third-order valence-corrected chi connectivity index (χ3v) is 2.33. The number of aliphatic carboxylic acids is 1. The van der Waals surface area contributed by atoms with Crippen molar-refractivity contribution in [2.45, 2.75) is 37.4 Å². The fraction of sp³-hybridized carbons (Fsp3) is 0.875. The fourth-order valence-corrected chi connectivity index (χ4v) is 1.73. The monoisotopic (exact) mass is 175 g/mol. The van der Waals surface area contributed by atoms with Crippen LogP contribution < -0.4 is 5.32 Å². The first-order valence-corrected chi connectivity index (χ1v) is 3.86. The molecule has 3 N–H and O–H groups in total. The second kappa shape index (κ2) is 2.71. The second-order valence-electron chi connectivity index (χ2n) is 3.15. The molecule has 4 nitrogen and oxygen atoms in total. The first kappa shape index (κ1) is 4.58. The van der Waals surface area contributed by atoms with Crippen molar-refractivity contribution in [3.63, 3.8) is 0 Å². The molecule has 0 aromatic heterocycles. The molecule has 4 atom stereocenters. The number of carboxylic acid groups (broad SMARTS) is 1. The third-order valence-electron chi connectivity index (χ3n) is 2.33. The van der Waals surface area contributed by atoms with Crippen LogP contribution in [0.25, 0.3) is 0 Å². The number of carbonyl (C=O) groups is 1. The fourth-order valence-electron chi connectivity index (χ4n) is 1.73. The molecule has 0 aliphatic carbocycles. The number of hydrogen-bond acceptors (Lipinski definition) is 3. The molecule has 2 aliphatic rings. The Morgan fingerprint density at radius 1 is 1.58 bits per heavy atom. The van der Waals surface area contributed by atoms with Gasteiger partial charge < -0.3 is 15.5 Å². The summed E-state index contributed by atoms with van der Waals surface area (Å²) in [6.45, 7) is 0. The van der Waals surface area contributed by atoms with Crippen LogP contribution in [-0.4, -0.2) is 34.4 Å². The first-order valence-electron chi connectivity index (χ1n) is 5.86. The van der Waals surface area contributed by atoms with Gasteiger partial charge in [0.1, 0.15) is 0 Å². The summed E-state index contributed by atoms with van der Waals surface area (Å²) < 4.78 is 30.7. The van der Waals surface area contributed by atoms with E-state index in [1.807, 2.05) is 0 Å². The van der Waals surface area contributed by atoms with E-state index in [0.29, 0.717) is 0 Å². The van der Waals surface area contributed by atoms with Gasteiger partial charge in [-0.25, -0.2) is 0 Å². The minimum Gasteiger partial charge on any atom is -0.481 e. The van der Waals surface area contributed by atoms with Crippen LogP contribution in [0.15, 0.2) is 0 Å². The van der Waals surface area contributed by atoms with Gasteiger partial charge in [-0.15, -0.1) is 0 Å². The number of aliphatic hydroxyl groups excluding tert-OH is 1. The molecule has 2 saturated heterocycles. The number of nitrogens with one attached hydrogen (secondary N) is 1. The molecule has 12 heavy (non-hydrogen) atoms. The Balaban J connectivity index is 2.42. The summed E-state index contributed by atoms with van der Waals surface area (Å²) in [4.78, 5) is 11.0. The maximum atomic E-state index is 11.0. The predicted octanol–water partition coefficient (Wildman–Crippen LogP) is -0.428. The summed E-state index contributed by atoms with van der Waals surface area (Å²) >= 11 is 0. The highest BCUT2D eigenvalue weighted by Crippen LogP contribution is 2.31. The molecule has 2 rings (SSSR count). The van der Waals surface area contributed by atoms with Crippen molar-refractivity contribution in [3.8, 4) is 0 Å². The van der Waals surface area contributed by atoms with Crippen molar-refractivity contribution in [3.05, 3.63) is 0 Å². The molecule has 0 spiro atoms. The Kier molecular flexibility index (Phi) is 1.03. The molecule has 0 aromatic carbocycles. The topological polar surface area (TPSA) is 69.6 Å². The predicted molar refractivity (Wildman–Crippen MR) is 41.7 cm³/mol. The molecule has 68 valence electrons. The third kappa shape index (κ3) is 1.11. The van der Waals surface area contributed by atoms with Gasteiger partial charge in [0, 0.05) is 17.6 Å². The lowest BCUT2D eigenvalue weighted by molar-refractivity contribution is -0.148. The van der Waals surface area contributed by atoms with E-state index < -0.39 is 42.8 Å². The van der Waals surface area contributed by atoms with Gasteiger partial charge in [0.25, 0.3) is 0 Å². The van der Waals surface area contributed by atoms with Gasteiger partial charge in [-0.05, 0) is 19.2 Å². The highest BCUT2D eigenvalue weighted by molar-refractivity contribution is 5.72. The zero-order chi connectivity index (χ0) is 12.3. The largest absolute Gasteiger partial charge is 0.481 e. The SMILES string of the molecule is [2H]C1([2H])[C@H]2C[C@H](O)[C@H](C(=O)O)[C@H](N2)C1([2H])[2H]. The summed E-state index contributed by atoms with van der Waals surface area (Å²) in [7, 11) is 0. The Hall–Kier alpha value is -0.610. The minimum absolute atomic E-state index is 0.0834. The van der Waals surface area contributed by atoms with Crippen molar-refractivity contribution < 1.29 is 20.5 Å². The molecular weight excluding hydrogens is 158 g/mol. The number of carboxylic acids is 1. The van der Waals surface area contributed by atoms with Crippen LogP contribution in [0.2, 0.25) is 0 Å². The number of hydrogen-bond donors (Lipinski definition) is 3. The summed E-state index contributed by atoms with van der Waals surface area (Å²) in [5.74, 6) is -2.60.